The van der Waals surface area contributed by atoms with Gasteiger partial charge in [0.2, 0.25) is 12.7 Å². The van der Waals surface area contributed by atoms with Crippen LogP contribution in [-0.4, -0.2) is 34.0 Å². The fourth-order valence-electron chi connectivity index (χ4n) is 4.11. The van der Waals surface area contributed by atoms with Gasteiger partial charge in [-0.1, -0.05) is 42.5 Å². The molecule has 0 spiro atoms. The summed E-state index contributed by atoms with van der Waals surface area (Å²) in [5.74, 6) is -1.23. The predicted octanol–water partition coefficient (Wildman–Crippen LogP) is 2.96. The molecule has 198 valence electrons. The Balaban J connectivity index is 1.62. The fourth-order valence-corrected chi connectivity index (χ4v) is 4.86. The highest BCUT2D eigenvalue weighted by molar-refractivity contribution is 7.09. The fraction of sp³-hybridized carbons (Fsp3) is 0.111. The third-order valence-corrected chi connectivity index (χ3v) is 6.88. The Morgan fingerprint density at radius 1 is 1.03 bits per heavy atom. The standard InChI is InChI=1S/C27H23N5O6S/c28-21-22(25(29)34)31-39-24(21)27(36)32(17-8-11-19-20(12-17)38-14-37-19)23(16-6-9-18(33)10-7-16)26(35)30-13-15-4-2-1-3-5-15/h1-12,23,33H,13-14,28H2,(H2,29,34)(H,30,35). The van der Waals surface area contributed by atoms with Crippen molar-refractivity contribution in [1.82, 2.24) is 9.69 Å². The summed E-state index contributed by atoms with van der Waals surface area (Å²) in [6.07, 6.45) is 0. The number of nitrogens with one attached hydrogen (secondary N) is 1. The molecule has 1 aliphatic rings. The summed E-state index contributed by atoms with van der Waals surface area (Å²) in [6.45, 7) is 0.210. The third kappa shape index (κ3) is 5.18. The highest BCUT2D eigenvalue weighted by Crippen LogP contribution is 2.40. The number of nitrogens with zero attached hydrogens (tertiary/aromatic N) is 2. The van der Waals surface area contributed by atoms with E-state index in [-0.39, 0.29) is 35.3 Å². The van der Waals surface area contributed by atoms with Crippen LogP contribution < -0.4 is 31.2 Å². The number of carbonyl (C=O) groups excluding carboxylic acids is 3. The summed E-state index contributed by atoms with van der Waals surface area (Å²) >= 11 is 0.703. The van der Waals surface area contributed by atoms with E-state index in [9.17, 15) is 19.5 Å². The van der Waals surface area contributed by atoms with E-state index in [2.05, 4.69) is 9.69 Å². The zero-order chi connectivity index (χ0) is 27.5. The van der Waals surface area contributed by atoms with Gasteiger partial charge in [-0.25, -0.2) is 0 Å². The van der Waals surface area contributed by atoms with Crippen LogP contribution >= 0.6 is 11.5 Å². The zero-order valence-corrected chi connectivity index (χ0v) is 21.2. The van der Waals surface area contributed by atoms with Gasteiger partial charge in [0.1, 0.15) is 16.7 Å². The molecule has 0 radical (unpaired) electrons. The number of aromatic hydroxyl groups is 1. The maximum Gasteiger partial charge on any atom is 0.273 e. The van der Waals surface area contributed by atoms with Crippen molar-refractivity contribution < 1.29 is 29.0 Å². The molecule has 5 rings (SSSR count). The number of fused-ring (bicyclic) bond motifs is 1. The van der Waals surface area contributed by atoms with Gasteiger partial charge in [0.25, 0.3) is 11.8 Å². The number of nitrogens with two attached hydrogens (primary N) is 2. The normalized spacial score (nSPS) is 12.5. The lowest BCUT2D eigenvalue weighted by molar-refractivity contribution is -0.122. The lowest BCUT2D eigenvalue weighted by Gasteiger charge is -2.31. The topological polar surface area (TPSA) is 170 Å². The summed E-state index contributed by atoms with van der Waals surface area (Å²) in [7, 11) is 0. The lowest BCUT2D eigenvalue weighted by Crippen LogP contribution is -2.44. The maximum absolute atomic E-state index is 14.1. The Morgan fingerprint density at radius 3 is 2.44 bits per heavy atom. The van der Waals surface area contributed by atoms with E-state index in [0.29, 0.717) is 34.3 Å². The molecule has 1 aromatic heterocycles. The van der Waals surface area contributed by atoms with E-state index < -0.39 is 23.8 Å². The second-order valence-corrected chi connectivity index (χ2v) is 9.32. The first-order valence-electron chi connectivity index (χ1n) is 11.7. The van der Waals surface area contributed by atoms with Crippen molar-refractivity contribution in [1.29, 1.82) is 0 Å². The van der Waals surface area contributed by atoms with Crippen LogP contribution in [0.1, 0.15) is 37.3 Å². The van der Waals surface area contributed by atoms with E-state index in [1.807, 2.05) is 30.3 Å². The molecular weight excluding hydrogens is 522 g/mol. The summed E-state index contributed by atoms with van der Waals surface area (Å²) in [4.78, 5) is 40.9. The van der Waals surface area contributed by atoms with Gasteiger partial charge in [-0.3, -0.25) is 19.3 Å². The van der Waals surface area contributed by atoms with E-state index in [1.54, 1.807) is 30.3 Å². The van der Waals surface area contributed by atoms with Crippen LogP contribution in [0, 0.1) is 0 Å². The highest BCUT2D eigenvalue weighted by atomic mass is 32.1. The highest BCUT2D eigenvalue weighted by Gasteiger charge is 2.36. The van der Waals surface area contributed by atoms with E-state index >= 15 is 0 Å². The van der Waals surface area contributed by atoms with E-state index in [1.165, 1.54) is 17.0 Å². The molecular formula is C27H23N5O6S. The molecule has 12 heteroatoms. The number of phenols is 1. The van der Waals surface area contributed by atoms with Gasteiger partial charge in [0, 0.05) is 18.3 Å². The second-order valence-electron chi connectivity index (χ2n) is 8.55. The molecule has 3 aromatic carbocycles. The predicted molar refractivity (Wildman–Crippen MR) is 144 cm³/mol. The van der Waals surface area contributed by atoms with E-state index in [0.717, 1.165) is 5.56 Å². The number of amides is 3. The number of hydrogen-bond acceptors (Lipinski definition) is 9. The van der Waals surface area contributed by atoms with E-state index in [4.69, 9.17) is 20.9 Å². The molecule has 3 amide bonds. The van der Waals surface area contributed by atoms with Gasteiger partial charge in [-0.15, -0.1) is 0 Å². The molecule has 1 aliphatic heterocycles. The molecule has 0 aliphatic carbocycles. The summed E-state index contributed by atoms with van der Waals surface area (Å²) in [6, 6.07) is 18.8. The summed E-state index contributed by atoms with van der Waals surface area (Å²) in [5.41, 5.74) is 12.6. The van der Waals surface area contributed by atoms with Crippen molar-refractivity contribution in [3.8, 4) is 17.2 Å². The molecule has 11 nitrogen and oxygen atoms in total. The summed E-state index contributed by atoms with van der Waals surface area (Å²) < 4.78 is 14.9. The molecule has 1 atom stereocenters. The molecule has 0 saturated carbocycles. The number of primary amides is 1. The van der Waals surface area contributed by atoms with Crippen molar-refractivity contribution in [2.45, 2.75) is 12.6 Å². The number of carbonyl (C=O) groups is 3. The first-order chi connectivity index (χ1) is 18.8. The molecule has 6 N–H and O–H groups in total. The maximum atomic E-state index is 14.1. The molecule has 0 saturated heterocycles. The van der Waals surface area contributed by atoms with Crippen LogP contribution in [0.25, 0.3) is 0 Å². The quantitative estimate of drug-likeness (QED) is 0.262. The number of benzene rings is 3. The van der Waals surface area contributed by atoms with Crippen molar-refractivity contribution in [2.24, 2.45) is 5.73 Å². The minimum atomic E-state index is -1.22. The third-order valence-electron chi connectivity index (χ3n) is 6.03. The van der Waals surface area contributed by atoms with Gasteiger partial charge in [0.05, 0.1) is 5.69 Å². The van der Waals surface area contributed by atoms with Crippen LogP contribution in [-0.2, 0) is 11.3 Å². The smallest absolute Gasteiger partial charge is 0.273 e. The molecule has 4 aromatic rings. The van der Waals surface area contributed by atoms with Gasteiger partial charge < -0.3 is 31.4 Å². The first-order valence-corrected chi connectivity index (χ1v) is 12.5. The molecule has 0 bridgehead atoms. The number of nitrogen functional groups attached to an aromatic ring is 1. The Kier molecular flexibility index (Phi) is 7.02. The van der Waals surface area contributed by atoms with Crippen molar-refractivity contribution >= 4 is 40.6 Å². The second kappa shape index (κ2) is 10.7. The van der Waals surface area contributed by atoms with Crippen molar-refractivity contribution in [2.75, 3.05) is 17.4 Å². The largest absolute Gasteiger partial charge is 0.508 e. The molecule has 0 fully saturated rings. The first kappa shape index (κ1) is 25.5. The Labute approximate surface area is 226 Å². The van der Waals surface area contributed by atoms with Crippen LogP contribution in [0.4, 0.5) is 11.4 Å². The van der Waals surface area contributed by atoms with Crippen LogP contribution in [0.15, 0.2) is 72.8 Å². The number of rotatable bonds is 8. The average Bonchev–Trinajstić information content (AvgIpc) is 3.57. The minimum Gasteiger partial charge on any atom is -0.508 e. The number of phenolic OH excluding ortho intramolecular Hbond substituents is 1. The molecule has 2 heterocycles. The Hall–Kier alpha value is -5.10. The van der Waals surface area contributed by atoms with Crippen LogP contribution in [0.5, 0.6) is 17.2 Å². The van der Waals surface area contributed by atoms with Crippen LogP contribution in [0.2, 0.25) is 0 Å². The number of ether oxygens (including phenoxy) is 2. The van der Waals surface area contributed by atoms with Gasteiger partial charge in [-0.05, 0) is 46.9 Å². The van der Waals surface area contributed by atoms with Crippen molar-refractivity contribution in [3.05, 3.63) is 94.5 Å². The Bertz CT molecular complexity index is 1540. The Morgan fingerprint density at radius 2 is 1.74 bits per heavy atom. The van der Waals surface area contributed by atoms with Crippen molar-refractivity contribution in [3.63, 3.8) is 0 Å². The van der Waals surface area contributed by atoms with Gasteiger partial charge in [0.15, 0.2) is 17.2 Å². The number of anilines is 2. The average molecular weight is 546 g/mol. The van der Waals surface area contributed by atoms with Gasteiger partial charge in [-0.2, -0.15) is 4.37 Å². The lowest BCUT2D eigenvalue weighted by atomic mass is 10.0. The number of hydrogen-bond donors (Lipinski definition) is 4. The zero-order valence-electron chi connectivity index (χ0n) is 20.4. The van der Waals surface area contributed by atoms with Crippen LogP contribution in [0.3, 0.4) is 0 Å². The van der Waals surface area contributed by atoms with Gasteiger partial charge >= 0.3 is 0 Å². The monoisotopic (exact) mass is 545 g/mol. The SMILES string of the molecule is NC(=O)c1nsc(C(=O)N(c2ccc3c(c2)OCO3)C(C(=O)NCc2ccccc2)c2ccc(O)cc2)c1N. The molecule has 1 unspecified atom stereocenters. The molecule has 39 heavy (non-hydrogen) atoms. The number of aromatic nitrogens is 1. The minimum absolute atomic E-state index is 0.00937. The summed E-state index contributed by atoms with van der Waals surface area (Å²) in [5, 5.41) is 12.8.